The monoisotopic (exact) mass is 328 g/mol. The SMILES string of the molecule is Cc1c(C(C)NCC(O)c2ccsc2)cnn1-c1ccccn1. The number of nitrogens with zero attached hydrogens (tertiary/aromatic N) is 3. The lowest BCUT2D eigenvalue weighted by Gasteiger charge is -2.16. The van der Waals surface area contributed by atoms with Gasteiger partial charge >= 0.3 is 0 Å². The number of aromatic nitrogens is 3. The minimum atomic E-state index is -0.491. The van der Waals surface area contributed by atoms with Crippen LogP contribution in [-0.2, 0) is 0 Å². The van der Waals surface area contributed by atoms with Crippen LogP contribution in [0.5, 0.6) is 0 Å². The number of pyridine rings is 1. The molecule has 0 aliphatic heterocycles. The van der Waals surface area contributed by atoms with Crippen molar-refractivity contribution in [1.29, 1.82) is 0 Å². The summed E-state index contributed by atoms with van der Waals surface area (Å²) in [7, 11) is 0. The summed E-state index contributed by atoms with van der Waals surface area (Å²) >= 11 is 1.59. The highest BCUT2D eigenvalue weighted by atomic mass is 32.1. The Morgan fingerprint density at radius 3 is 2.91 bits per heavy atom. The van der Waals surface area contributed by atoms with E-state index in [1.807, 2.05) is 52.8 Å². The molecule has 0 saturated carbocycles. The maximum absolute atomic E-state index is 10.2. The summed E-state index contributed by atoms with van der Waals surface area (Å²) in [5.74, 6) is 0.807. The fraction of sp³-hybridized carbons (Fsp3) is 0.294. The zero-order chi connectivity index (χ0) is 16.2. The predicted molar refractivity (Wildman–Crippen MR) is 91.8 cm³/mol. The van der Waals surface area contributed by atoms with Gasteiger partial charge in [0.1, 0.15) is 0 Å². The Hall–Kier alpha value is -2.02. The average molecular weight is 328 g/mol. The Bertz CT molecular complexity index is 739. The predicted octanol–water partition coefficient (Wildman–Crippen LogP) is 3.02. The van der Waals surface area contributed by atoms with Crippen molar-refractivity contribution in [2.75, 3.05) is 6.54 Å². The zero-order valence-electron chi connectivity index (χ0n) is 13.2. The summed E-state index contributed by atoms with van der Waals surface area (Å²) < 4.78 is 1.84. The molecule has 0 bridgehead atoms. The number of aliphatic hydroxyl groups is 1. The van der Waals surface area contributed by atoms with Gasteiger partial charge in [0.2, 0.25) is 0 Å². The highest BCUT2D eigenvalue weighted by molar-refractivity contribution is 7.07. The third-order valence-corrected chi connectivity index (χ3v) is 4.63. The molecule has 0 fully saturated rings. The average Bonchev–Trinajstić information content (AvgIpc) is 3.23. The van der Waals surface area contributed by atoms with E-state index in [2.05, 4.69) is 22.3 Å². The van der Waals surface area contributed by atoms with Crippen molar-refractivity contribution >= 4 is 11.3 Å². The van der Waals surface area contributed by atoms with Gasteiger partial charge in [0.25, 0.3) is 0 Å². The van der Waals surface area contributed by atoms with E-state index >= 15 is 0 Å². The number of aliphatic hydroxyl groups excluding tert-OH is 1. The first kappa shape index (κ1) is 15.9. The van der Waals surface area contributed by atoms with Gasteiger partial charge in [0.15, 0.2) is 5.82 Å². The number of rotatable bonds is 6. The van der Waals surface area contributed by atoms with E-state index in [4.69, 9.17) is 0 Å². The Kier molecular flexibility index (Phi) is 4.85. The Balaban J connectivity index is 1.68. The maximum atomic E-state index is 10.2. The maximum Gasteiger partial charge on any atom is 0.153 e. The van der Waals surface area contributed by atoms with Crippen molar-refractivity contribution in [3.05, 3.63) is 64.2 Å². The second kappa shape index (κ2) is 7.04. The zero-order valence-corrected chi connectivity index (χ0v) is 14.0. The van der Waals surface area contributed by atoms with Gasteiger partial charge in [0, 0.05) is 30.0 Å². The minimum Gasteiger partial charge on any atom is -0.387 e. The van der Waals surface area contributed by atoms with Gasteiger partial charge in [-0.1, -0.05) is 6.07 Å². The summed E-state index contributed by atoms with van der Waals surface area (Å²) in [6.07, 6.45) is 3.13. The number of hydrogen-bond donors (Lipinski definition) is 2. The standard InChI is InChI=1S/C17H20N4OS/c1-12(19-10-16(22)14-6-8-23-11-14)15-9-20-21(13(15)2)17-5-3-4-7-18-17/h3-9,11-12,16,19,22H,10H2,1-2H3. The van der Waals surface area contributed by atoms with E-state index in [1.54, 1.807) is 17.5 Å². The molecule has 3 aromatic heterocycles. The van der Waals surface area contributed by atoms with Gasteiger partial charge in [-0.15, -0.1) is 0 Å². The van der Waals surface area contributed by atoms with Crippen molar-refractivity contribution in [2.24, 2.45) is 0 Å². The molecular weight excluding hydrogens is 308 g/mol. The van der Waals surface area contributed by atoms with Crippen LogP contribution < -0.4 is 5.32 Å². The summed E-state index contributed by atoms with van der Waals surface area (Å²) in [6.45, 7) is 4.61. The molecule has 3 aromatic rings. The van der Waals surface area contributed by atoms with E-state index in [0.29, 0.717) is 6.54 Å². The largest absolute Gasteiger partial charge is 0.387 e. The lowest BCUT2D eigenvalue weighted by molar-refractivity contribution is 0.171. The summed E-state index contributed by atoms with van der Waals surface area (Å²) in [6, 6.07) is 7.82. The molecule has 0 radical (unpaired) electrons. The van der Waals surface area contributed by atoms with Gasteiger partial charge in [-0.3, -0.25) is 0 Å². The molecule has 2 unspecified atom stereocenters. The highest BCUT2D eigenvalue weighted by Crippen LogP contribution is 2.21. The summed E-state index contributed by atoms with van der Waals surface area (Å²) in [5, 5.41) is 21.9. The van der Waals surface area contributed by atoms with Gasteiger partial charge in [0.05, 0.1) is 12.3 Å². The molecule has 0 spiro atoms. The van der Waals surface area contributed by atoms with E-state index in [9.17, 15) is 5.11 Å². The lowest BCUT2D eigenvalue weighted by atomic mass is 10.1. The van der Waals surface area contributed by atoms with E-state index in [0.717, 1.165) is 22.6 Å². The van der Waals surface area contributed by atoms with Crippen molar-refractivity contribution < 1.29 is 5.11 Å². The Morgan fingerprint density at radius 2 is 2.22 bits per heavy atom. The molecule has 0 aliphatic rings. The van der Waals surface area contributed by atoms with Gasteiger partial charge < -0.3 is 10.4 Å². The molecule has 3 rings (SSSR count). The molecule has 6 heteroatoms. The smallest absolute Gasteiger partial charge is 0.153 e. The summed E-state index contributed by atoms with van der Waals surface area (Å²) in [4.78, 5) is 4.33. The minimum absolute atomic E-state index is 0.0979. The Morgan fingerprint density at radius 1 is 1.35 bits per heavy atom. The van der Waals surface area contributed by atoms with E-state index < -0.39 is 6.10 Å². The molecule has 2 N–H and O–H groups in total. The molecular formula is C17H20N4OS. The fourth-order valence-electron chi connectivity index (χ4n) is 2.54. The molecule has 0 saturated heterocycles. The highest BCUT2D eigenvalue weighted by Gasteiger charge is 2.16. The second-order valence-corrected chi connectivity index (χ2v) is 6.27. The van der Waals surface area contributed by atoms with Gasteiger partial charge in [-0.05, 0) is 48.4 Å². The van der Waals surface area contributed by atoms with Crippen LogP contribution >= 0.6 is 11.3 Å². The molecule has 120 valence electrons. The molecule has 0 aromatic carbocycles. The first-order chi connectivity index (χ1) is 11.2. The topological polar surface area (TPSA) is 63.0 Å². The van der Waals surface area contributed by atoms with Crippen LogP contribution in [0.25, 0.3) is 5.82 Å². The molecule has 23 heavy (non-hydrogen) atoms. The number of nitrogens with one attached hydrogen (secondary N) is 1. The van der Waals surface area contributed by atoms with Crippen LogP contribution in [0.2, 0.25) is 0 Å². The van der Waals surface area contributed by atoms with Gasteiger partial charge in [-0.25, -0.2) is 9.67 Å². The quantitative estimate of drug-likeness (QED) is 0.730. The fourth-order valence-corrected chi connectivity index (χ4v) is 3.25. The normalized spacial score (nSPS) is 13.9. The second-order valence-electron chi connectivity index (χ2n) is 5.49. The van der Waals surface area contributed by atoms with Crippen molar-refractivity contribution in [3.8, 4) is 5.82 Å². The molecule has 0 amide bonds. The molecule has 5 nitrogen and oxygen atoms in total. The Labute approximate surface area is 139 Å². The van der Waals surface area contributed by atoms with Crippen molar-refractivity contribution in [2.45, 2.75) is 26.0 Å². The van der Waals surface area contributed by atoms with Gasteiger partial charge in [-0.2, -0.15) is 16.4 Å². The first-order valence-electron chi connectivity index (χ1n) is 7.56. The van der Waals surface area contributed by atoms with E-state index in [-0.39, 0.29) is 6.04 Å². The first-order valence-corrected chi connectivity index (χ1v) is 8.50. The third kappa shape index (κ3) is 3.50. The van der Waals surface area contributed by atoms with E-state index in [1.165, 1.54) is 0 Å². The lowest BCUT2D eigenvalue weighted by Crippen LogP contribution is -2.24. The van der Waals surface area contributed by atoms with Crippen LogP contribution in [0, 0.1) is 6.92 Å². The van der Waals surface area contributed by atoms with Crippen molar-refractivity contribution in [3.63, 3.8) is 0 Å². The summed E-state index contributed by atoms with van der Waals surface area (Å²) in [5.41, 5.74) is 3.11. The molecule has 3 heterocycles. The van der Waals surface area contributed by atoms with Crippen LogP contribution in [0.15, 0.2) is 47.4 Å². The third-order valence-electron chi connectivity index (χ3n) is 3.93. The van der Waals surface area contributed by atoms with Crippen LogP contribution in [0.3, 0.4) is 0 Å². The van der Waals surface area contributed by atoms with Crippen LogP contribution in [-0.4, -0.2) is 26.4 Å². The van der Waals surface area contributed by atoms with Crippen molar-refractivity contribution in [1.82, 2.24) is 20.1 Å². The van der Waals surface area contributed by atoms with Crippen LogP contribution in [0.1, 0.15) is 35.9 Å². The number of thiophene rings is 1. The molecule has 2 atom stereocenters. The molecule has 0 aliphatic carbocycles. The van der Waals surface area contributed by atoms with Crippen LogP contribution in [0.4, 0.5) is 0 Å². The number of hydrogen-bond acceptors (Lipinski definition) is 5.